The molecule has 102 valence electrons. The summed E-state index contributed by atoms with van der Waals surface area (Å²) in [5.41, 5.74) is 0. The summed E-state index contributed by atoms with van der Waals surface area (Å²) in [7, 11) is 2.32. The monoisotopic (exact) mass is 240 g/mol. The van der Waals surface area contributed by atoms with E-state index in [1.807, 2.05) is 0 Å². The van der Waals surface area contributed by atoms with Crippen LogP contribution in [-0.4, -0.2) is 37.1 Å². The van der Waals surface area contributed by atoms with Gasteiger partial charge in [0.25, 0.3) is 0 Å². The van der Waals surface area contributed by atoms with E-state index >= 15 is 0 Å². The maximum atomic E-state index is 3.62. The number of rotatable bonds is 9. The lowest BCUT2D eigenvalue weighted by Crippen LogP contribution is -2.45. The SMILES string of the molecule is CCCC(CNCC(C)C)N(C)C(C)C1CC1. The van der Waals surface area contributed by atoms with E-state index in [9.17, 15) is 0 Å². The van der Waals surface area contributed by atoms with Crippen molar-refractivity contribution in [2.45, 2.75) is 65.5 Å². The Hall–Kier alpha value is -0.0800. The Morgan fingerprint density at radius 3 is 2.29 bits per heavy atom. The zero-order valence-electron chi connectivity index (χ0n) is 12.5. The van der Waals surface area contributed by atoms with Crippen molar-refractivity contribution in [1.29, 1.82) is 0 Å². The molecule has 0 aliphatic heterocycles. The second-order valence-electron chi connectivity index (χ2n) is 6.24. The average Bonchev–Trinajstić information content (AvgIpc) is 3.09. The number of hydrogen-bond donors (Lipinski definition) is 1. The Kier molecular flexibility index (Phi) is 6.50. The van der Waals surface area contributed by atoms with Crippen molar-refractivity contribution in [3.05, 3.63) is 0 Å². The van der Waals surface area contributed by atoms with Gasteiger partial charge < -0.3 is 5.32 Å². The minimum Gasteiger partial charge on any atom is -0.315 e. The van der Waals surface area contributed by atoms with Crippen LogP contribution >= 0.6 is 0 Å². The average molecular weight is 240 g/mol. The van der Waals surface area contributed by atoms with Gasteiger partial charge in [-0.25, -0.2) is 0 Å². The molecule has 2 unspecified atom stereocenters. The Balaban J connectivity index is 2.34. The normalized spacial score (nSPS) is 19.9. The van der Waals surface area contributed by atoms with E-state index in [0.29, 0.717) is 6.04 Å². The molecule has 1 saturated carbocycles. The van der Waals surface area contributed by atoms with Gasteiger partial charge in [0.1, 0.15) is 0 Å². The van der Waals surface area contributed by atoms with Crippen LogP contribution in [0.25, 0.3) is 0 Å². The molecule has 0 bridgehead atoms. The lowest BCUT2D eigenvalue weighted by molar-refractivity contribution is 0.154. The molecule has 1 aliphatic carbocycles. The van der Waals surface area contributed by atoms with Gasteiger partial charge in [-0.05, 0) is 51.6 Å². The molecule has 1 aliphatic rings. The van der Waals surface area contributed by atoms with Crippen LogP contribution in [0.1, 0.15) is 53.4 Å². The van der Waals surface area contributed by atoms with Gasteiger partial charge in [0.15, 0.2) is 0 Å². The number of nitrogens with zero attached hydrogens (tertiary/aromatic N) is 1. The second kappa shape index (κ2) is 7.38. The van der Waals surface area contributed by atoms with E-state index in [1.54, 1.807) is 0 Å². The van der Waals surface area contributed by atoms with Gasteiger partial charge in [-0.2, -0.15) is 0 Å². The maximum Gasteiger partial charge on any atom is 0.0220 e. The summed E-state index contributed by atoms with van der Waals surface area (Å²) in [5.74, 6) is 1.73. The van der Waals surface area contributed by atoms with Gasteiger partial charge in [-0.1, -0.05) is 27.2 Å². The smallest absolute Gasteiger partial charge is 0.0220 e. The Bertz CT molecular complexity index is 199. The van der Waals surface area contributed by atoms with E-state index in [2.05, 4.69) is 45.0 Å². The fourth-order valence-corrected chi connectivity index (χ4v) is 2.57. The first-order chi connectivity index (χ1) is 8.06. The van der Waals surface area contributed by atoms with Crippen molar-refractivity contribution in [3.63, 3.8) is 0 Å². The summed E-state index contributed by atoms with van der Waals surface area (Å²) in [6.07, 6.45) is 5.50. The summed E-state index contributed by atoms with van der Waals surface area (Å²) in [5, 5.41) is 3.62. The third-order valence-electron chi connectivity index (χ3n) is 4.08. The van der Waals surface area contributed by atoms with Gasteiger partial charge in [0, 0.05) is 18.6 Å². The summed E-state index contributed by atoms with van der Waals surface area (Å²) in [4.78, 5) is 2.62. The molecule has 0 amide bonds. The fraction of sp³-hybridized carbons (Fsp3) is 1.00. The maximum absolute atomic E-state index is 3.62. The third-order valence-corrected chi connectivity index (χ3v) is 4.08. The molecule has 2 nitrogen and oxygen atoms in total. The molecule has 1 fully saturated rings. The zero-order chi connectivity index (χ0) is 12.8. The molecular formula is C15H32N2. The molecule has 17 heavy (non-hydrogen) atoms. The molecule has 1 rings (SSSR count). The predicted octanol–water partition coefficient (Wildman–Crippen LogP) is 3.13. The number of nitrogens with one attached hydrogen (secondary N) is 1. The highest BCUT2D eigenvalue weighted by Crippen LogP contribution is 2.35. The summed E-state index contributed by atoms with van der Waals surface area (Å²) >= 11 is 0. The molecule has 2 heteroatoms. The molecular weight excluding hydrogens is 208 g/mol. The summed E-state index contributed by atoms with van der Waals surface area (Å²) in [6.45, 7) is 11.6. The Morgan fingerprint density at radius 1 is 1.18 bits per heavy atom. The molecule has 0 saturated heterocycles. The Morgan fingerprint density at radius 2 is 1.82 bits per heavy atom. The molecule has 0 aromatic rings. The van der Waals surface area contributed by atoms with Crippen LogP contribution in [0.4, 0.5) is 0 Å². The zero-order valence-corrected chi connectivity index (χ0v) is 12.5. The van der Waals surface area contributed by atoms with Crippen LogP contribution in [0.3, 0.4) is 0 Å². The molecule has 0 aromatic carbocycles. The lowest BCUT2D eigenvalue weighted by atomic mass is 10.1. The minimum absolute atomic E-state index is 0.717. The molecule has 0 heterocycles. The first-order valence-electron chi connectivity index (χ1n) is 7.48. The first kappa shape index (κ1) is 15.0. The van der Waals surface area contributed by atoms with Crippen molar-refractivity contribution < 1.29 is 0 Å². The largest absolute Gasteiger partial charge is 0.315 e. The van der Waals surface area contributed by atoms with E-state index < -0.39 is 0 Å². The quantitative estimate of drug-likeness (QED) is 0.666. The molecule has 0 aromatic heterocycles. The van der Waals surface area contributed by atoms with Crippen LogP contribution in [0, 0.1) is 11.8 Å². The lowest BCUT2D eigenvalue weighted by Gasteiger charge is -2.33. The van der Waals surface area contributed by atoms with Gasteiger partial charge in [-0.3, -0.25) is 4.90 Å². The topological polar surface area (TPSA) is 15.3 Å². The molecule has 1 N–H and O–H groups in total. The highest BCUT2D eigenvalue weighted by molar-refractivity contribution is 4.87. The number of hydrogen-bond acceptors (Lipinski definition) is 2. The van der Waals surface area contributed by atoms with E-state index in [1.165, 1.54) is 25.7 Å². The van der Waals surface area contributed by atoms with Crippen molar-refractivity contribution in [1.82, 2.24) is 10.2 Å². The molecule has 2 atom stereocenters. The molecule has 0 radical (unpaired) electrons. The highest BCUT2D eigenvalue weighted by atomic mass is 15.2. The van der Waals surface area contributed by atoms with Crippen LogP contribution in [-0.2, 0) is 0 Å². The highest BCUT2D eigenvalue weighted by Gasteiger charge is 2.32. The van der Waals surface area contributed by atoms with E-state index in [-0.39, 0.29) is 0 Å². The Labute approximate surface area is 108 Å². The van der Waals surface area contributed by atoms with Gasteiger partial charge in [0.05, 0.1) is 0 Å². The fourth-order valence-electron chi connectivity index (χ4n) is 2.57. The van der Waals surface area contributed by atoms with Gasteiger partial charge in [-0.15, -0.1) is 0 Å². The van der Waals surface area contributed by atoms with Gasteiger partial charge >= 0.3 is 0 Å². The third kappa shape index (κ3) is 5.39. The van der Waals surface area contributed by atoms with Crippen molar-refractivity contribution in [2.24, 2.45) is 11.8 Å². The minimum atomic E-state index is 0.717. The van der Waals surface area contributed by atoms with Crippen LogP contribution in [0.2, 0.25) is 0 Å². The summed E-state index contributed by atoms with van der Waals surface area (Å²) in [6, 6.07) is 1.49. The van der Waals surface area contributed by atoms with Crippen molar-refractivity contribution >= 4 is 0 Å². The van der Waals surface area contributed by atoms with E-state index in [0.717, 1.165) is 31.0 Å². The van der Waals surface area contributed by atoms with Crippen molar-refractivity contribution in [3.8, 4) is 0 Å². The molecule has 0 spiro atoms. The van der Waals surface area contributed by atoms with Crippen molar-refractivity contribution in [2.75, 3.05) is 20.1 Å². The van der Waals surface area contributed by atoms with E-state index in [4.69, 9.17) is 0 Å². The van der Waals surface area contributed by atoms with Gasteiger partial charge in [0.2, 0.25) is 0 Å². The van der Waals surface area contributed by atoms with Crippen LogP contribution in [0.15, 0.2) is 0 Å². The predicted molar refractivity (Wildman–Crippen MR) is 76.4 cm³/mol. The summed E-state index contributed by atoms with van der Waals surface area (Å²) < 4.78 is 0. The second-order valence-corrected chi connectivity index (χ2v) is 6.24. The first-order valence-corrected chi connectivity index (χ1v) is 7.48. The number of likely N-dealkylation sites (N-methyl/N-ethyl adjacent to an activating group) is 1. The standard InChI is InChI=1S/C15H32N2/c1-6-7-15(11-16-10-12(2)3)17(5)13(4)14-8-9-14/h12-16H,6-11H2,1-5H3. The van der Waals surface area contributed by atoms with Crippen LogP contribution in [0.5, 0.6) is 0 Å². The van der Waals surface area contributed by atoms with Crippen LogP contribution < -0.4 is 5.32 Å².